The number of hydrogen-bond donors (Lipinski definition) is 1. The van der Waals surface area contributed by atoms with Gasteiger partial charge in [0.05, 0.1) is 6.04 Å². The summed E-state index contributed by atoms with van der Waals surface area (Å²) in [5, 5.41) is 8.64. The summed E-state index contributed by atoms with van der Waals surface area (Å²) in [5.41, 5.74) is 1.31. The first-order valence-corrected chi connectivity index (χ1v) is 6.53. The molecule has 17 heavy (non-hydrogen) atoms. The van der Waals surface area contributed by atoms with Gasteiger partial charge < -0.3 is 4.55 Å². The zero-order chi connectivity index (χ0) is 13.1. The van der Waals surface area contributed by atoms with Crippen LogP contribution in [-0.4, -0.2) is 14.3 Å². The monoisotopic (exact) mass is 251 g/mol. The van der Waals surface area contributed by atoms with E-state index in [2.05, 4.69) is 9.71 Å². The molecule has 0 aromatic carbocycles. The highest BCUT2D eigenvalue weighted by molar-refractivity contribution is 7.90. The zero-order valence-corrected chi connectivity index (χ0v) is 11.3. The lowest BCUT2D eigenvalue weighted by molar-refractivity contribution is 0.531. The SMILES string of the molecule is C[C@H](N[S+]([O-])C(C)(C)C)c1ccc(C#N)nc1. The zero-order valence-electron chi connectivity index (χ0n) is 10.5. The van der Waals surface area contributed by atoms with Crippen molar-refractivity contribution in [1.29, 1.82) is 5.26 Å². The predicted molar refractivity (Wildman–Crippen MR) is 68.4 cm³/mol. The second kappa shape index (κ2) is 5.50. The van der Waals surface area contributed by atoms with E-state index < -0.39 is 11.4 Å². The average molecular weight is 251 g/mol. The van der Waals surface area contributed by atoms with Crippen LogP contribution in [0, 0.1) is 11.3 Å². The number of aromatic nitrogens is 1. The Morgan fingerprint density at radius 3 is 2.53 bits per heavy atom. The number of hydrogen-bond acceptors (Lipinski definition) is 4. The molecule has 1 aromatic rings. The molecule has 0 aliphatic carbocycles. The van der Waals surface area contributed by atoms with Crippen LogP contribution in [0.25, 0.3) is 0 Å². The van der Waals surface area contributed by atoms with Crippen LogP contribution in [0.2, 0.25) is 0 Å². The summed E-state index contributed by atoms with van der Waals surface area (Å²) in [6.07, 6.45) is 1.64. The highest BCUT2D eigenvalue weighted by Gasteiger charge is 2.28. The molecule has 1 rings (SSSR count). The predicted octanol–water partition coefficient (Wildman–Crippen LogP) is 2.07. The number of nitriles is 1. The van der Waals surface area contributed by atoms with Crippen molar-refractivity contribution in [3.8, 4) is 6.07 Å². The van der Waals surface area contributed by atoms with E-state index in [0.29, 0.717) is 5.69 Å². The van der Waals surface area contributed by atoms with Gasteiger partial charge in [-0.2, -0.15) is 5.26 Å². The van der Waals surface area contributed by atoms with Crippen LogP contribution >= 0.6 is 0 Å². The van der Waals surface area contributed by atoms with Gasteiger partial charge >= 0.3 is 0 Å². The molecule has 0 aliphatic rings. The molecule has 0 spiro atoms. The fourth-order valence-electron chi connectivity index (χ4n) is 1.13. The maximum Gasteiger partial charge on any atom is 0.140 e. The van der Waals surface area contributed by atoms with Crippen molar-refractivity contribution in [2.45, 2.75) is 38.5 Å². The van der Waals surface area contributed by atoms with Crippen molar-refractivity contribution in [2.24, 2.45) is 0 Å². The van der Waals surface area contributed by atoms with E-state index in [9.17, 15) is 4.55 Å². The molecule has 0 fully saturated rings. The van der Waals surface area contributed by atoms with Crippen molar-refractivity contribution in [3.63, 3.8) is 0 Å². The molecule has 4 nitrogen and oxygen atoms in total. The quantitative estimate of drug-likeness (QED) is 0.835. The molecule has 92 valence electrons. The third-order valence-electron chi connectivity index (χ3n) is 2.24. The maximum absolute atomic E-state index is 11.9. The van der Waals surface area contributed by atoms with Gasteiger partial charge in [-0.1, -0.05) is 6.07 Å². The standard InChI is InChI=1S/C12H17N3OS/c1-9(15-17(16)12(2,3)4)10-5-6-11(7-13)14-8-10/h5-6,8-9,15H,1-4H3/t9-,17?/m0/s1. The van der Waals surface area contributed by atoms with Gasteiger partial charge in [0.1, 0.15) is 16.5 Å². The number of pyridine rings is 1. The lowest BCUT2D eigenvalue weighted by Crippen LogP contribution is -2.40. The van der Waals surface area contributed by atoms with Crippen LogP contribution in [0.5, 0.6) is 0 Å². The Balaban J connectivity index is 2.70. The summed E-state index contributed by atoms with van der Waals surface area (Å²) in [5.74, 6) is 0. The third kappa shape index (κ3) is 4.00. The van der Waals surface area contributed by atoms with Crippen molar-refractivity contribution >= 4 is 11.4 Å². The Kier molecular flexibility index (Phi) is 4.52. The second-order valence-corrected chi connectivity index (χ2v) is 6.81. The minimum atomic E-state index is -1.12. The highest BCUT2D eigenvalue weighted by Crippen LogP contribution is 2.19. The van der Waals surface area contributed by atoms with Gasteiger partial charge in [-0.05, 0) is 39.3 Å². The maximum atomic E-state index is 11.9. The van der Waals surface area contributed by atoms with Gasteiger partial charge in [0.2, 0.25) is 0 Å². The van der Waals surface area contributed by atoms with Crippen LogP contribution in [0.1, 0.15) is 45.0 Å². The molecule has 1 heterocycles. The van der Waals surface area contributed by atoms with Crippen molar-refractivity contribution in [1.82, 2.24) is 9.71 Å². The van der Waals surface area contributed by atoms with E-state index in [4.69, 9.17) is 5.26 Å². The van der Waals surface area contributed by atoms with Gasteiger partial charge in [-0.25, -0.2) is 4.98 Å². The van der Waals surface area contributed by atoms with E-state index in [1.165, 1.54) is 0 Å². The Morgan fingerprint density at radius 1 is 1.47 bits per heavy atom. The molecule has 2 atom stereocenters. The van der Waals surface area contributed by atoms with E-state index in [0.717, 1.165) is 5.56 Å². The Labute approximate surface area is 105 Å². The van der Waals surface area contributed by atoms with Crippen LogP contribution in [0.15, 0.2) is 18.3 Å². The summed E-state index contributed by atoms with van der Waals surface area (Å²) in [4.78, 5) is 3.99. The minimum absolute atomic E-state index is 0.0599. The third-order valence-corrected chi connectivity index (χ3v) is 3.92. The first kappa shape index (κ1) is 14.0. The normalized spacial score (nSPS) is 15.1. The smallest absolute Gasteiger partial charge is 0.140 e. The van der Waals surface area contributed by atoms with Crippen molar-refractivity contribution < 1.29 is 4.55 Å². The molecule has 1 N–H and O–H groups in total. The van der Waals surface area contributed by atoms with Crippen LogP contribution in [-0.2, 0) is 11.4 Å². The Hall–Kier alpha value is -1.09. The highest BCUT2D eigenvalue weighted by atomic mass is 32.2. The molecule has 0 saturated heterocycles. The molecule has 1 unspecified atom stereocenters. The number of nitrogens with one attached hydrogen (secondary N) is 1. The minimum Gasteiger partial charge on any atom is -0.598 e. The van der Waals surface area contributed by atoms with Gasteiger partial charge in [0.15, 0.2) is 0 Å². The average Bonchev–Trinajstić information content (AvgIpc) is 2.27. The molecule has 0 aliphatic heterocycles. The van der Waals surface area contributed by atoms with Gasteiger partial charge in [0, 0.05) is 17.6 Å². The topological polar surface area (TPSA) is 71.8 Å². The lowest BCUT2D eigenvalue weighted by atomic mass is 10.1. The molecule has 5 heteroatoms. The first-order chi connectivity index (χ1) is 7.84. The molecule has 0 bridgehead atoms. The Bertz CT molecular complexity index is 405. The van der Waals surface area contributed by atoms with E-state index in [-0.39, 0.29) is 10.8 Å². The Morgan fingerprint density at radius 2 is 2.12 bits per heavy atom. The summed E-state index contributed by atoms with van der Waals surface area (Å²) in [6.45, 7) is 7.67. The largest absolute Gasteiger partial charge is 0.598 e. The van der Waals surface area contributed by atoms with E-state index in [1.54, 1.807) is 12.3 Å². The van der Waals surface area contributed by atoms with Crippen molar-refractivity contribution in [3.05, 3.63) is 29.6 Å². The molecule has 1 aromatic heterocycles. The van der Waals surface area contributed by atoms with Gasteiger partial charge in [-0.15, -0.1) is 4.72 Å². The fourth-order valence-corrected chi connectivity index (χ4v) is 1.94. The molecule has 0 radical (unpaired) electrons. The number of rotatable bonds is 3. The van der Waals surface area contributed by atoms with Crippen LogP contribution < -0.4 is 4.72 Å². The summed E-state index contributed by atoms with van der Waals surface area (Å²) in [7, 11) is 0. The number of nitrogens with zero attached hydrogens (tertiary/aromatic N) is 2. The lowest BCUT2D eigenvalue weighted by Gasteiger charge is -2.26. The van der Waals surface area contributed by atoms with Crippen LogP contribution in [0.3, 0.4) is 0 Å². The van der Waals surface area contributed by atoms with Gasteiger partial charge in [0.25, 0.3) is 0 Å². The molecular formula is C12H17N3OS. The molecule has 0 saturated carbocycles. The van der Waals surface area contributed by atoms with E-state index in [1.807, 2.05) is 39.8 Å². The summed E-state index contributed by atoms with van der Waals surface area (Å²) < 4.78 is 14.6. The second-order valence-electron chi connectivity index (χ2n) is 4.81. The van der Waals surface area contributed by atoms with Crippen molar-refractivity contribution in [2.75, 3.05) is 0 Å². The summed E-state index contributed by atoms with van der Waals surface area (Å²) >= 11 is -1.12. The van der Waals surface area contributed by atoms with E-state index >= 15 is 0 Å². The fraction of sp³-hybridized carbons (Fsp3) is 0.500. The first-order valence-electron chi connectivity index (χ1n) is 5.38. The summed E-state index contributed by atoms with van der Waals surface area (Å²) in [6, 6.07) is 5.39. The molecular weight excluding hydrogens is 234 g/mol. The molecule has 0 amide bonds. The van der Waals surface area contributed by atoms with Crippen LogP contribution in [0.4, 0.5) is 0 Å². The van der Waals surface area contributed by atoms with Gasteiger partial charge in [-0.3, -0.25) is 0 Å².